The Balaban J connectivity index is 1.41. The lowest BCUT2D eigenvalue weighted by Gasteiger charge is -2.43. The molecule has 2 aliphatic heterocycles. The van der Waals surface area contributed by atoms with Crippen molar-refractivity contribution in [1.29, 1.82) is 0 Å². The second kappa shape index (κ2) is 6.73. The van der Waals surface area contributed by atoms with E-state index in [0.29, 0.717) is 13.1 Å². The number of carbonyl (C=O) groups is 1. The van der Waals surface area contributed by atoms with Crippen molar-refractivity contribution in [3.05, 3.63) is 63.6 Å². The molecule has 0 atom stereocenters. The molecule has 0 radical (unpaired) electrons. The van der Waals surface area contributed by atoms with E-state index in [1.807, 2.05) is 4.90 Å². The van der Waals surface area contributed by atoms with Gasteiger partial charge in [-0.15, -0.1) is 11.3 Å². The Bertz CT molecular complexity index is 788. The standard InChI is InChI=1S/C20H20FNO2S/c21-17-4-1-15(2-5-17)3-6-18(23)22-11-9-20(10-12-22)19-16(7-13-24-20)8-14-25-19/h1-6,8,14H,7,9-13H2/b6-3+. The third-order valence-corrected chi connectivity index (χ3v) is 6.22. The highest BCUT2D eigenvalue weighted by molar-refractivity contribution is 7.10. The van der Waals surface area contributed by atoms with E-state index >= 15 is 0 Å². The van der Waals surface area contributed by atoms with Gasteiger partial charge in [-0.1, -0.05) is 12.1 Å². The summed E-state index contributed by atoms with van der Waals surface area (Å²) in [5.41, 5.74) is 2.04. The molecule has 1 fully saturated rings. The van der Waals surface area contributed by atoms with Crippen molar-refractivity contribution in [2.75, 3.05) is 19.7 Å². The first-order valence-electron chi connectivity index (χ1n) is 8.60. The molecule has 1 saturated heterocycles. The Kier molecular flexibility index (Phi) is 4.44. The fourth-order valence-electron chi connectivity index (χ4n) is 3.66. The molecule has 0 N–H and O–H groups in total. The second-order valence-corrected chi connectivity index (χ2v) is 7.49. The molecule has 0 bridgehead atoms. The van der Waals surface area contributed by atoms with Gasteiger partial charge in [0.2, 0.25) is 5.91 Å². The molecule has 3 heterocycles. The van der Waals surface area contributed by atoms with Crippen molar-refractivity contribution < 1.29 is 13.9 Å². The topological polar surface area (TPSA) is 29.5 Å². The predicted molar refractivity (Wildman–Crippen MR) is 96.9 cm³/mol. The molecular weight excluding hydrogens is 337 g/mol. The van der Waals surface area contributed by atoms with Crippen molar-refractivity contribution in [2.24, 2.45) is 0 Å². The molecule has 0 aliphatic carbocycles. The molecule has 5 heteroatoms. The lowest BCUT2D eigenvalue weighted by molar-refractivity contribution is -0.135. The Labute approximate surface area is 150 Å². The van der Waals surface area contributed by atoms with Gasteiger partial charge in [-0.3, -0.25) is 4.79 Å². The van der Waals surface area contributed by atoms with E-state index in [0.717, 1.165) is 31.4 Å². The number of thiophene rings is 1. The summed E-state index contributed by atoms with van der Waals surface area (Å²) >= 11 is 1.78. The number of halogens is 1. The maximum atomic E-state index is 12.9. The molecule has 1 amide bonds. The van der Waals surface area contributed by atoms with Gasteiger partial charge in [-0.05, 0) is 60.0 Å². The Morgan fingerprint density at radius 1 is 1.20 bits per heavy atom. The van der Waals surface area contributed by atoms with Crippen LogP contribution < -0.4 is 0 Å². The van der Waals surface area contributed by atoms with Gasteiger partial charge in [-0.25, -0.2) is 4.39 Å². The summed E-state index contributed by atoms with van der Waals surface area (Å²) in [7, 11) is 0. The van der Waals surface area contributed by atoms with Gasteiger partial charge in [0.05, 0.1) is 6.61 Å². The maximum absolute atomic E-state index is 12.9. The number of carbonyl (C=O) groups excluding carboxylic acids is 1. The predicted octanol–water partition coefficient (Wildman–Crippen LogP) is 3.99. The van der Waals surface area contributed by atoms with Crippen LogP contribution >= 0.6 is 11.3 Å². The van der Waals surface area contributed by atoms with Crippen molar-refractivity contribution in [3.8, 4) is 0 Å². The molecule has 4 rings (SSSR count). The molecule has 1 aromatic carbocycles. The number of nitrogens with zero attached hydrogens (tertiary/aromatic N) is 1. The molecule has 0 saturated carbocycles. The van der Waals surface area contributed by atoms with Gasteiger partial charge < -0.3 is 9.64 Å². The lowest BCUT2D eigenvalue weighted by atomic mass is 9.85. The van der Waals surface area contributed by atoms with Crippen LogP contribution in [0.25, 0.3) is 6.08 Å². The van der Waals surface area contributed by atoms with E-state index in [2.05, 4.69) is 11.4 Å². The number of likely N-dealkylation sites (tertiary alicyclic amines) is 1. The van der Waals surface area contributed by atoms with E-state index < -0.39 is 0 Å². The highest BCUT2D eigenvalue weighted by Crippen LogP contribution is 2.44. The van der Waals surface area contributed by atoms with Gasteiger partial charge in [0, 0.05) is 24.0 Å². The van der Waals surface area contributed by atoms with Gasteiger partial charge in [0.25, 0.3) is 0 Å². The molecule has 1 spiro atoms. The molecule has 0 unspecified atom stereocenters. The van der Waals surface area contributed by atoms with Crippen LogP contribution in [0.4, 0.5) is 4.39 Å². The van der Waals surface area contributed by atoms with Crippen LogP contribution in [0.3, 0.4) is 0 Å². The summed E-state index contributed by atoms with van der Waals surface area (Å²) in [6, 6.07) is 8.33. The summed E-state index contributed by atoms with van der Waals surface area (Å²) in [6.07, 6.45) is 5.99. The maximum Gasteiger partial charge on any atom is 0.246 e. The van der Waals surface area contributed by atoms with Crippen LogP contribution in [0.2, 0.25) is 0 Å². The SMILES string of the molecule is O=C(/C=C/c1ccc(F)cc1)N1CCC2(CC1)OCCc1ccsc12. The minimum Gasteiger partial charge on any atom is -0.369 e. The van der Waals surface area contributed by atoms with Crippen molar-refractivity contribution >= 4 is 23.3 Å². The van der Waals surface area contributed by atoms with Crippen LogP contribution in [0, 0.1) is 5.82 Å². The summed E-state index contributed by atoms with van der Waals surface area (Å²) in [5.74, 6) is -0.272. The van der Waals surface area contributed by atoms with E-state index in [4.69, 9.17) is 4.74 Å². The first kappa shape index (κ1) is 16.5. The van der Waals surface area contributed by atoms with E-state index in [1.165, 1.54) is 22.6 Å². The van der Waals surface area contributed by atoms with Crippen molar-refractivity contribution in [3.63, 3.8) is 0 Å². The number of piperidine rings is 1. The van der Waals surface area contributed by atoms with E-state index in [1.54, 1.807) is 35.6 Å². The monoisotopic (exact) mass is 357 g/mol. The summed E-state index contributed by atoms with van der Waals surface area (Å²) in [5, 5.41) is 2.14. The highest BCUT2D eigenvalue weighted by atomic mass is 32.1. The summed E-state index contributed by atoms with van der Waals surface area (Å²) in [4.78, 5) is 15.7. The quantitative estimate of drug-likeness (QED) is 0.761. The normalized spacial score (nSPS) is 19.3. The van der Waals surface area contributed by atoms with Crippen molar-refractivity contribution in [1.82, 2.24) is 4.90 Å². The molecule has 130 valence electrons. The summed E-state index contributed by atoms with van der Waals surface area (Å²) in [6.45, 7) is 2.16. The lowest BCUT2D eigenvalue weighted by Crippen LogP contribution is -2.47. The highest BCUT2D eigenvalue weighted by Gasteiger charge is 2.42. The second-order valence-electron chi connectivity index (χ2n) is 6.58. The zero-order valence-electron chi connectivity index (χ0n) is 13.9. The number of hydrogen-bond acceptors (Lipinski definition) is 3. The van der Waals surface area contributed by atoms with Gasteiger partial charge in [-0.2, -0.15) is 0 Å². The first-order chi connectivity index (χ1) is 12.2. The number of rotatable bonds is 2. The van der Waals surface area contributed by atoms with Crippen LogP contribution in [0.5, 0.6) is 0 Å². The fraction of sp³-hybridized carbons (Fsp3) is 0.350. The van der Waals surface area contributed by atoms with Crippen LogP contribution in [0.15, 0.2) is 41.8 Å². The number of amides is 1. The molecule has 2 aromatic rings. The smallest absolute Gasteiger partial charge is 0.246 e. The Morgan fingerprint density at radius 2 is 1.96 bits per heavy atom. The minimum atomic E-state index is -0.273. The zero-order valence-corrected chi connectivity index (χ0v) is 14.7. The van der Waals surface area contributed by atoms with E-state index in [9.17, 15) is 9.18 Å². The first-order valence-corrected chi connectivity index (χ1v) is 9.48. The van der Waals surface area contributed by atoms with Crippen LogP contribution in [0.1, 0.15) is 28.8 Å². The minimum absolute atomic E-state index is 0.00128. The zero-order chi connectivity index (χ0) is 17.3. The largest absolute Gasteiger partial charge is 0.369 e. The fourth-order valence-corrected chi connectivity index (χ4v) is 4.83. The van der Waals surface area contributed by atoms with Gasteiger partial charge in [0.15, 0.2) is 0 Å². The number of ether oxygens (including phenoxy) is 1. The van der Waals surface area contributed by atoms with Crippen LogP contribution in [-0.4, -0.2) is 30.5 Å². The van der Waals surface area contributed by atoms with Gasteiger partial charge in [0.1, 0.15) is 11.4 Å². The Morgan fingerprint density at radius 3 is 2.72 bits per heavy atom. The summed E-state index contributed by atoms with van der Waals surface area (Å²) < 4.78 is 19.1. The molecule has 3 nitrogen and oxygen atoms in total. The molecule has 25 heavy (non-hydrogen) atoms. The number of fused-ring (bicyclic) bond motifs is 2. The number of benzene rings is 1. The average Bonchev–Trinajstić information content (AvgIpc) is 3.12. The molecule has 1 aromatic heterocycles. The van der Waals surface area contributed by atoms with Crippen molar-refractivity contribution in [2.45, 2.75) is 24.9 Å². The van der Waals surface area contributed by atoms with Gasteiger partial charge >= 0.3 is 0 Å². The number of hydrogen-bond donors (Lipinski definition) is 0. The molecular formula is C20H20FNO2S. The van der Waals surface area contributed by atoms with Crippen LogP contribution in [-0.2, 0) is 21.6 Å². The Hall–Kier alpha value is -1.98. The third-order valence-electron chi connectivity index (χ3n) is 5.08. The molecule has 2 aliphatic rings. The average molecular weight is 357 g/mol. The third kappa shape index (κ3) is 3.26. The van der Waals surface area contributed by atoms with E-state index in [-0.39, 0.29) is 17.3 Å².